The summed E-state index contributed by atoms with van der Waals surface area (Å²) in [6, 6.07) is 4.24. The molecule has 1 aliphatic heterocycles. The highest BCUT2D eigenvalue weighted by molar-refractivity contribution is 7.88. The normalized spacial score (nSPS) is 16.2. The molecule has 0 atom stereocenters. The predicted octanol–water partition coefficient (Wildman–Crippen LogP) is 2.10. The molecule has 1 fully saturated rings. The zero-order valence-corrected chi connectivity index (χ0v) is 19.5. The molecule has 0 radical (unpaired) electrons. The quantitative estimate of drug-likeness (QED) is 0.550. The molecule has 2 N–H and O–H groups in total. The second kappa shape index (κ2) is 8.96. The van der Waals surface area contributed by atoms with Crippen LogP contribution in [0.1, 0.15) is 32.7 Å². The van der Waals surface area contributed by atoms with Gasteiger partial charge in [-0.25, -0.2) is 13.1 Å². The lowest BCUT2D eigenvalue weighted by Crippen LogP contribution is -2.44. The molecule has 0 saturated carbocycles. The van der Waals surface area contributed by atoms with E-state index in [-0.39, 0.29) is 17.1 Å². The van der Waals surface area contributed by atoms with Gasteiger partial charge in [0.2, 0.25) is 5.95 Å². The zero-order valence-electron chi connectivity index (χ0n) is 18.7. The highest BCUT2D eigenvalue weighted by Crippen LogP contribution is 2.31. The van der Waals surface area contributed by atoms with Crippen molar-refractivity contribution in [1.29, 1.82) is 0 Å². The van der Waals surface area contributed by atoms with Crippen LogP contribution in [0.15, 0.2) is 35.9 Å². The molecule has 1 saturated heterocycles. The molecular weight excluding hydrogens is 430 g/mol. The van der Waals surface area contributed by atoms with E-state index in [4.69, 9.17) is 0 Å². The Bertz CT molecular complexity index is 1150. The Kier molecular flexibility index (Phi) is 6.26. The Balaban J connectivity index is 1.57. The summed E-state index contributed by atoms with van der Waals surface area (Å²) in [5, 5.41) is 15.5. The van der Waals surface area contributed by atoms with Gasteiger partial charge in [-0.2, -0.15) is 9.40 Å². The first-order chi connectivity index (χ1) is 15.3. The van der Waals surface area contributed by atoms with Crippen molar-refractivity contribution in [2.75, 3.05) is 32.5 Å². The lowest BCUT2D eigenvalue weighted by atomic mass is 10.1. The first-order valence-electron chi connectivity index (χ1n) is 10.6. The first-order valence-corrected chi connectivity index (χ1v) is 12.1. The van der Waals surface area contributed by atoms with Gasteiger partial charge >= 0.3 is 0 Å². The van der Waals surface area contributed by atoms with Gasteiger partial charge in [-0.05, 0) is 58.5 Å². The zero-order chi connectivity index (χ0) is 22.9. The third-order valence-electron chi connectivity index (χ3n) is 5.72. The number of hydrogen-bond donors (Lipinski definition) is 2. The van der Waals surface area contributed by atoms with Crippen molar-refractivity contribution in [2.24, 2.45) is 0 Å². The monoisotopic (exact) mass is 459 g/mol. The van der Waals surface area contributed by atoms with E-state index in [1.54, 1.807) is 18.6 Å². The molecule has 0 spiro atoms. The fourth-order valence-electron chi connectivity index (χ4n) is 3.87. The maximum atomic E-state index is 13.1. The van der Waals surface area contributed by atoms with Gasteiger partial charge in [0.15, 0.2) is 0 Å². The van der Waals surface area contributed by atoms with Crippen LogP contribution in [0.4, 0.5) is 11.8 Å². The summed E-state index contributed by atoms with van der Waals surface area (Å²) >= 11 is 0. The van der Waals surface area contributed by atoms with Crippen molar-refractivity contribution < 1.29 is 8.42 Å². The Hall–Kier alpha value is -2.83. The van der Waals surface area contributed by atoms with E-state index in [1.807, 2.05) is 44.8 Å². The van der Waals surface area contributed by atoms with E-state index < -0.39 is 10.0 Å². The fraction of sp³-hybridized carbons (Fsp3) is 0.500. The van der Waals surface area contributed by atoms with Crippen molar-refractivity contribution in [3.8, 4) is 11.1 Å². The van der Waals surface area contributed by atoms with Crippen molar-refractivity contribution in [1.82, 2.24) is 39.2 Å². The number of sulfonamides is 1. The van der Waals surface area contributed by atoms with E-state index in [0.717, 1.165) is 24.0 Å². The van der Waals surface area contributed by atoms with Crippen molar-refractivity contribution >= 4 is 21.8 Å². The van der Waals surface area contributed by atoms with Crippen LogP contribution in [0.5, 0.6) is 0 Å². The average molecular weight is 460 g/mol. The van der Waals surface area contributed by atoms with Gasteiger partial charge in [0.1, 0.15) is 5.82 Å². The fourth-order valence-corrected chi connectivity index (χ4v) is 5.18. The Morgan fingerprint density at radius 2 is 1.84 bits per heavy atom. The van der Waals surface area contributed by atoms with Gasteiger partial charge in [-0.15, -0.1) is 10.2 Å². The minimum Gasteiger partial charge on any atom is -0.309 e. The van der Waals surface area contributed by atoms with Gasteiger partial charge in [-0.3, -0.25) is 9.97 Å². The Morgan fingerprint density at radius 3 is 2.47 bits per heavy atom. The number of nitrogens with one attached hydrogen (secondary N) is 2. The van der Waals surface area contributed by atoms with Crippen LogP contribution < -0.4 is 5.32 Å². The van der Waals surface area contributed by atoms with Gasteiger partial charge in [-0.1, -0.05) is 0 Å². The number of rotatable bonds is 7. The number of H-pyrrole nitrogens is 1. The molecule has 11 nitrogen and oxygen atoms in total. The number of nitrogens with zero attached hydrogens (tertiary/aromatic N) is 7. The second-order valence-corrected chi connectivity index (χ2v) is 10.2. The number of pyridine rings is 1. The van der Waals surface area contributed by atoms with Crippen LogP contribution in [-0.2, 0) is 10.0 Å². The summed E-state index contributed by atoms with van der Waals surface area (Å²) in [6.45, 7) is 4.95. The Morgan fingerprint density at radius 1 is 1.16 bits per heavy atom. The maximum absolute atomic E-state index is 13.1. The van der Waals surface area contributed by atoms with Crippen LogP contribution in [0, 0.1) is 0 Å². The number of aromatic nitrogens is 6. The number of anilines is 2. The van der Waals surface area contributed by atoms with E-state index >= 15 is 0 Å². The molecular formula is C20H29N9O2S. The molecule has 0 unspecified atom stereocenters. The molecule has 12 heteroatoms. The van der Waals surface area contributed by atoms with Gasteiger partial charge < -0.3 is 10.2 Å². The molecule has 32 heavy (non-hydrogen) atoms. The van der Waals surface area contributed by atoms with Crippen molar-refractivity contribution in [2.45, 2.75) is 43.9 Å². The molecule has 4 rings (SSSR count). The van der Waals surface area contributed by atoms with Crippen LogP contribution in [0.2, 0.25) is 0 Å². The second-order valence-electron chi connectivity index (χ2n) is 8.38. The minimum absolute atomic E-state index is 0.0807. The molecule has 1 aliphatic rings. The smallest absolute Gasteiger partial charge is 0.278 e. The third-order valence-corrected chi connectivity index (χ3v) is 7.43. The molecule has 0 bridgehead atoms. The summed E-state index contributed by atoms with van der Waals surface area (Å²) in [6.07, 6.45) is 6.76. The van der Waals surface area contributed by atoms with Crippen LogP contribution >= 0.6 is 0 Å². The van der Waals surface area contributed by atoms with Crippen molar-refractivity contribution in [3.63, 3.8) is 0 Å². The topological polar surface area (TPSA) is 125 Å². The molecule has 3 aromatic rings. The molecule has 0 aliphatic carbocycles. The minimum atomic E-state index is -3.74. The molecule has 0 amide bonds. The van der Waals surface area contributed by atoms with Crippen LogP contribution in [0.25, 0.3) is 11.1 Å². The highest BCUT2D eigenvalue weighted by atomic mass is 32.2. The standard InChI is InChI=1S/C20H29N9O2S/c1-14(2)29-18(17(13-22-29)15-5-9-21-10-6-15)23-19-24-20(26-25-19)32(30,31)28-11-7-16(8-12-28)27(3)4/h5-6,9-10,13-14,16H,7-8,11-12H2,1-4H3,(H2,23,24,25,26). The van der Waals surface area contributed by atoms with Crippen molar-refractivity contribution in [3.05, 3.63) is 30.7 Å². The average Bonchev–Trinajstić information content (AvgIpc) is 3.42. The molecule has 3 aromatic heterocycles. The van der Waals surface area contributed by atoms with Gasteiger partial charge in [0.05, 0.1) is 6.20 Å². The highest BCUT2D eigenvalue weighted by Gasteiger charge is 2.32. The predicted molar refractivity (Wildman–Crippen MR) is 121 cm³/mol. The summed E-state index contributed by atoms with van der Waals surface area (Å²) in [4.78, 5) is 9.04. The van der Waals surface area contributed by atoms with E-state index in [1.165, 1.54) is 4.31 Å². The number of piperidine rings is 1. The SMILES string of the molecule is CC(C)n1ncc(-c2ccncc2)c1Nc1nnc(S(=O)(=O)N2CCC(N(C)C)CC2)[nH]1. The third kappa shape index (κ3) is 4.38. The summed E-state index contributed by atoms with van der Waals surface area (Å²) in [7, 11) is 0.295. The van der Waals surface area contributed by atoms with Crippen LogP contribution in [-0.4, -0.2) is 80.8 Å². The van der Waals surface area contributed by atoms with E-state index in [9.17, 15) is 8.42 Å². The summed E-state index contributed by atoms with van der Waals surface area (Å²) in [5.41, 5.74) is 1.79. The van der Waals surface area contributed by atoms with Gasteiger partial charge in [0.25, 0.3) is 15.2 Å². The van der Waals surface area contributed by atoms with Gasteiger partial charge in [0, 0.05) is 43.1 Å². The number of aromatic amines is 1. The lowest BCUT2D eigenvalue weighted by Gasteiger charge is -2.33. The molecule has 172 valence electrons. The molecule has 4 heterocycles. The first kappa shape index (κ1) is 22.4. The summed E-state index contributed by atoms with van der Waals surface area (Å²) < 4.78 is 29.4. The summed E-state index contributed by atoms with van der Waals surface area (Å²) in [5.74, 6) is 0.933. The lowest BCUT2D eigenvalue weighted by molar-refractivity contribution is 0.196. The largest absolute Gasteiger partial charge is 0.309 e. The van der Waals surface area contributed by atoms with E-state index in [2.05, 4.69) is 35.5 Å². The van der Waals surface area contributed by atoms with Crippen LogP contribution in [0.3, 0.4) is 0 Å². The molecule has 0 aromatic carbocycles. The van der Waals surface area contributed by atoms with E-state index in [0.29, 0.717) is 24.9 Å². The number of hydrogen-bond acceptors (Lipinski definition) is 8. The maximum Gasteiger partial charge on any atom is 0.278 e. The Labute approximate surface area is 187 Å².